The predicted molar refractivity (Wildman–Crippen MR) is 154 cm³/mol. The molecule has 0 unspecified atom stereocenters. The van der Waals surface area contributed by atoms with Gasteiger partial charge in [-0.05, 0) is 73.2 Å². The number of nitrogens with one attached hydrogen (secondary N) is 2. The van der Waals surface area contributed by atoms with Crippen LogP contribution in [-0.2, 0) is 30.0 Å². The molecule has 0 saturated heterocycles. The first-order valence-corrected chi connectivity index (χ1v) is 14.3. The number of anilines is 1. The fraction of sp³-hybridized carbons (Fsp3) is 0.406. The van der Waals surface area contributed by atoms with E-state index in [-0.39, 0.29) is 23.3 Å². The van der Waals surface area contributed by atoms with Crippen LogP contribution in [-0.4, -0.2) is 58.9 Å². The Morgan fingerprint density at radius 2 is 1.63 bits per heavy atom. The third kappa shape index (κ3) is 5.26. The van der Waals surface area contributed by atoms with Crippen LogP contribution in [0.25, 0.3) is 0 Å². The van der Waals surface area contributed by atoms with Crippen LogP contribution in [0.4, 0.5) is 10.1 Å². The summed E-state index contributed by atoms with van der Waals surface area (Å²) in [6.45, 7) is 2.75. The first-order chi connectivity index (χ1) is 19.7. The van der Waals surface area contributed by atoms with Crippen LogP contribution in [0.15, 0.2) is 60.7 Å². The maximum Gasteiger partial charge on any atom is 0.268 e. The lowest BCUT2D eigenvalue weighted by molar-refractivity contribution is -0.117. The molecule has 3 amide bonds. The Morgan fingerprint density at radius 1 is 0.951 bits per heavy atom. The Hall–Kier alpha value is -3.98. The van der Waals surface area contributed by atoms with Crippen molar-refractivity contribution < 1.29 is 18.8 Å². The van der Waals surface area contributed by atoms with E-state index in [0.29, 0.717) is 29.9 Å². The molecule has 6 rings (SSSR count). The number of amides is 3. The Balaban J connectivity index is 1.09. The zero-order chi connectivity index (χ0) is 28.7. The Bertz CT molecular complexity index is 1460. The number of aromatic nitrogens is 1. The van der Waals surface area contributed by atoms with Gasteiger partial charge >= 0.3 is 0 Å². The van der Waals surface area contributed by atoms with Crippen molar-refractivity contribution in [1.29, 1.82) is 0 Å². The molecule has 1 spiro atoms. The van der Waals surface area contributed by atoms with Gasteiger partial charge in [-0.15, -0.1) is 0 Å². The average Bonchev–Trinajstić information content (AvgIpc) is 3.53. The first kappa shape index (κ1) is 27.2. The normalized spacial score (nSPS) is 20.6. The van der Waals surface area contributed by atoms with E-state index >= 15 is 0 Å². The standard InChI is InChI=1S/C32H36FN5O3/c1-36(2)31(41)23-8-4-22(5-9-23)20-37-16-17-38-27(12-13-28(38)32(37)14-3-15-32)30(40)34-19-21-6-10-24(11-7-21)35-29(39)25-18-26(25)33/h4-13,25-26H,3,14-20H2,1-2H3,(H,34,40)(H,35,39)/t25-,26+/m1/s1. The van der Waals surface area contributed by atoms with Gasteiger partial charge in [-0.25, -0.2) is 4.39 Å². The highest BCUT2D eigenvalue weighted by Gasteiger charge is 2.48. The zero-order valence-corrected chi connectivity index (χ0v) is 23.5. The lowest BCUT2D eigenvalue weighted by Crippen LogP contribution is -2.56. The highest BCUT2D eigenvalue weighted by molar-refractivity contribution is 5.95. The van der Waals surface area contributed by atoms with E-state index < -0.39 is 12.1 Å². The molecule has 0 radical (unpaired) electrons. The summed E-state index contributed by atoms with van der Waals surface area (Å²) >= 11 is 0. The molecule has 8 nitrogen and oxygen atoms in total. The molecule has 2 N–H and O–H groups in total. The first-order valence-electron chi connectivity index (χ1n) is 14.3. The van der Waals surface area contributed by atoms with Crippen molar-refractivity contribution in [3.63, 3.8) is 0 Å². The second kappa shape index (κ2) is 10.8. The Kier molecular flexibility index (Phi) is 7.15. The van der Waals surface area contributed by atoms with E-state index in [4.69, 9.17) is 0 Å². The Morgan fingerprint density at radius 3 is 2.24 bits per heavy atom. The van der Waals surface area contributed by atoms with Crippen LogP contribution < -0.4 is 10.6 Å². The number of benzene rings is 2. The van der Waals surface area contributed by atoms with Crippen molar-refractivity contribution in [3.05, 3.63) is 88.7 Å². The van der Waals surface area contributed by atoms with Gasteiger partial charge in [-0.1, -0.05) is 24.3 Å². The number of hydrogen-bond donors (Lipinski definition) is 2. The van der Waals surface area contributed by atoms with E-state index in [1.165, 1.54) is 11.3 Å². The van der Waals surface area contributed by atoms with Crippen molar-refractivity contribution in [2.45, 2.75) is 57.0 Å². The number of rotatable bonds is 8. The molecule has 214 valence electrons. The molecule has 3 aliphatic rings. The monoisotopic (exact) mass is 557 g/mol. The molecule has 2 fully saturated rings. The van der Waals surface area contributed by atoms with E-state index in [1.807, 2.05) is 42.5 Å². The van der Waals surface area contributed by atoms with Crippen LogP contribution in [0.1, 0.15) is 63.4 Å². The zero-order valence-electron chi connectivity index (χ0n) is 23.5. The topological polar surface area (TPSA) is 86.7 Å². The molecule has 3 aromatic rings. The van der Waals surface area contributed by atoms with Gasteiger partial charge in [0.2, 0.25) is 5.91 Å². The molecule has 2 heterocycles. The summed E-state index contributed by atoms with van der Waals surface area (Å²) in [7, 11) is 3.52. The fourth-order valence-corrected chi connectivity index (χ4v) is 6.10. The van der Waals surface area contributed by atoms with Crippen molar-refractivity contribution in [3.8, 4) is 0 Å². The lowest BCUT2D eigenvalue weighted by Gasteiger charge is -2.53. The van der Waals surface area contributed by atoms with Gasteiger partial charge in [0.15, 0.2) is 0 Å². The van der Waals surface area contributed by atoms with E-state index in [2.05, 4.69) is 26.2 Å². The minimum absolute atomic E-state index is 0.000409. The van der Waals surface area contributed by atoms with Crippen molar-refractivity contribution in [1.82, 2.24) is 19.7 Å². The fourth-order valence-electron chi connectivity index (χ4n) is 6.10. The van der Waals surface area contributed by atoms with Gasteiger partial charge in [-0.2, -0.15) is 0 Å². The van der Waals surface area contributed by atoms with Crippen LogP contribution >= 0.6 is 0 Å². The second-order valence-corrected chi connectivity index (χ2v) is 11.7. The smallest absolute Gasteiger partial charge is 0.268 e. The summed E-state index contributed by atoms with van der Waals surface area (Å²) in [6.07, 6.45) is 2.55. The van der Waals surface area contributed by atoms with Gasteiger partial charge < -0.3 is 20.1 Å². The number of alkyl halides is 1. The number of hydrogen-bond acceptors (Lipinski definition) is 4. The van der Waals surface area contributed by atoms with Gasteiger partial charge in [0.25, 0.3) is 11.8 Å². The number of nitrogens with zero attached hydrogens (tertiary/aromatic N) is 3. The average molecular weight is 558 g/mol. The second-order valence-electron chi connectivity index (χ2n) is 11.7. The lowest BCUT2D eigenvalue weighted by atomic mass is 9.71. The van der Waals surface area contributed by atoms with E-state index in [0.717, 1.165) is 44.5 Å². The molecule has 2 aliphatic carbocycles. The minimum atomic E-state index is -1.02. The summed E-state index contributed by atoms with van der Waals surface area (Å²) in [6, 6.07) is 19.2. The van der Waals surface area contributed by atoms with Crippen LogP contribution in [0, 0.1) is 5.92 Å². The molecule has 0 bridgehead atoms. The minimum Gasteiger partial charge on any atom is -0.347 e. The number of carbonyl (C=O) groups is 3. The van der Waals surface area contributed by atoms with Crippen LogP contribution in [0.2, 0.25) is 0 Å². The van der Waals surface area contributed by atoms with E-state index in [9.17, 15) is 18.8 Å². The number of halogens is 1. The van der Waals surface area contributed by atoms with Crippen LogP contribution in [0.5, 0.6) is 0 Å². The quantitative estimate of drug-likeness (QED) is 0.432. The SMILES string of the molecule is CN(C)C(=O)c1ccc(CN2CCn3c(C(=O)NCc4ccc(NC(=O)[C@@H]5C[C@@H]5F)cc4)ccc3C23CCC3)cc1. The number of carbonyl (C=O) groups excluding carboxylic acids is 3. The third-order valence-corrected chi connectivity index (χ3v) is 8.77. The summed E-state index contributed by atoms with van der Waals surface area (Å²) in [5, 5.41) is 5.78. The Labute approximate surface area is 239 Å². The largest absolute Gasteiger partial charge is 0.347 e. The highest BCUT2D eigenvalue weighted by Crippen LogP contribution is 2.49. The van der Waals surface area contributed by atoms with Gasteiger partial charge in [0.1, 0.15) is 11.9 Å². The van der Waals surface area contributed by atoms with Gasteiger partial charge in [-0.3, -0.25) is 19.3 Å². The van der Waals surface area contributed by atoms with Crippen molar-refractivity contribution >= 4 is 23.4 Å². The van der Waals surface area contributed by atoms with Gasteiger partial charge in [0, 0.05) is 57.2 Å². The number of fused-ring (bicyclic) bond motifs is 2. The molecular formula is C32H36FN5O3. The molecule has 2 saturated carbocycles. The summed E-state index contributed by atoms with van der Waals surface area (Å²) < 4.78 is 15.3. The predicted octanol–water partition coefficient (Wildman–Crippen LogP) is 4.31. The molecule has 2 aromatic carbocycles. The maximum atomic E-state index is 13.2. The summed E-state index contributed by atoms with van der Waals surface area (Å²) in [5.41, 5.74) is 5.20. The van der Waals surface area contributed by atoms with E-state index in [1.54, 1.807) is 31.1 Å². The molecular weight excluding hydrogens is 521 g/mol. The molecule has 1 aliphatic heterocycles. The molecule has 9 heteroatoms. The molecule has 2 atom stereocenters. The maximum absolute atomic E-state index is 13.2. The third-order valence-electron chi connectivity index (χ3n) is 8.77. The van der Waals surface area contributed by atoms with Crippen molar-refractivity contribution in [2.75, 3.05) is 26.0 Å². The molecule has 41 heavy (non-hydrogen) atoms. The van der Waals surface area contributed by atoms with Crippen molar-refractivity contribution in [2.24, 2.45) is 5.92 Å². The van der Waals surface area contributed by atoms with Gasteiger partial charge in [0.05, 0.1) is 11.5 Å². The van der Waals surface area contributed by atoms with Crippen LogP contribution in [0.3, 0.4) is 0 Å². The highest BCUT2D eigenvalue weighted by atomic mass is 19.1. The summed E-state index contributed by atoms with van der Waals surface area (Å²) in [5.74, 6) is -0.922. The summed E-state index contributed by atoms with van der Waals surface area (Å²) in [4.78, 5) is 41.6. The molecule has 1 aromatic heterocycles.